The topological polar surface area (TPSA) is 113 Å². The lowest BCUT2D eigenvalue weighted by Gasteiger charge is -2.15. The highest BCUT2D eigenvalue weighted by Crippen LogP contribution is 1.97. The fraction of sp³-hybridized carbons (Fsp3) is 0.778. The van der Waals surface area contributed by atoms with E-state index in [-0.39, 0.29) is 0 Å². The van der Waals surface area contributed by atoms with Crippen LogP contribution >= 0.6 is 0 Å². The van der Waals surface area contributed by atoms with Crippen LogP contribution in [-0.2, 0) is 24.3 Å². The summed E-state index contributed by atoms with van der Waals surface area (Å²) in [7, 11) is -1.25. The molecule has 0 rings (SSSR count). The lowest BCUT2D eigenvalue weighted by molar-refractivity contribution is -0.134. The molecule has 18 heavy (non-hydrogen) atoms. The predicted molar refractivity (Wildman–Crippen MR) is 63.6 cm³/mol. The smallest absolute Gasteiger partial charge is 0.320 e. The van der Waals surface area contributed by atoms with Crippen LogP contribution < -0.4 is 5.32 Å². The van der Waals surface area contributed by atoms with Crippen molar-refractivity contribution in [1.29, 1.82) is 0 Å². The van der Waals surface area contributed by atoms with E-state index in [9.17, 15) is 18.0 Å². The molecule has 0 aromatic carbocycles. The number of nitrogens with zero attached hydrogens (tertiary/aromatic N) is 1. The first-order chi connectivity index (χ1) is 8.29. The number of carbonyl (C=O) groups excluding carboxylic acids is 1. The molecule has 0 saturated heterocycles. The molecule has 9 heteroatoms. The summed E-state index contributed by atoms with van der Waals surface area (Å²) in [6.07, 6.45) is 0.619. The number of sulfonamides is 1. The van der Waals surface area contributed by atoms with E-state index in [2.05, 4.69) is 5.32 Å². The quantitative estimate of drug-likeness (QED) is 0.497. The van der Waals surface area contributed by atoms with Crippen molar-refractivity contribution in [1.82, 2.24) is 9.62 Å². The summed E-state index contributed by atoms with van der Waals surface area (Å²) in [5, 5.41) is 10.9. The summed E-state index contributed by atoms with van der Waals surface area (Å²) in [6, 6.07) is 0. The maximum atomic E-state index is 11.4. The predicted octanol–water partition coefficient (Wildman–Crippen LogP) is -1.51. The van der Waals surface area contributed by atoms with E-state index in [0.29, 0.717) is 23.9 Å². The van der Waals surface area contributed by atoms with Crippen molar-refractivity contribution in [2.75, 3.05) is 39.6 Å². The van der Waals surface area contributed by atoms with Crippen LogP contribution in [0.15, 0.2) is 0 Å². The second-order valence-corrected chi connectivity index (χ2v) is 5.68. The first kappa shape index (κ1) is 16.8. The zero-order valence-corrected chi connectivity index (χ0v) is 11.2. The number of amides is 1. The molecule has 0 atom stereocenters. The van der Waals surface area contributed by atoms with Crippen molar-refractivity contribution in [3.63, 3.8) is 0 Å². The van der Waals surface area contributed by atoms with Crippen molar-refractivity contribution < 1.29 is 27.9 Å². The maximum absolute atomic E-state index is 11.4. The van der Waals surface area contributed by atoms with Gasteiger partial charge in [0.15, 0.2) is 5.75 Å². The number of hydrogen-bond donors (Lipinski definition) is 2. The molecule has 0 aliphatic carbocycles. The van der Waals surface area contributed by atoms with Gasteiger partial charge in [-0.2, -0.15) is 4.31 Å². The van der Waals surface area contributed by atoms with E-state index in [1.165, 1.54) is 7.11 Å². The number of carbonyl (C=O) groups is 2. The number of aliphatic carboxylic acids is 1. The zero-order chi connectivity index (χ0) is 14.2. The molecule has 0 saturated carbocycles. The Bertz CT molecular complexity index is 381. The summed E-state index contributed by atoms with van der Waals surface area (Å²) in [6.45, 7) is 0.468. The van der Waals surface area contributed by atoms with Crippen LogP contribution in [0.25, 0.3) is 0 Å². The molecular formula is C9H18N2O6S. The molecule has 0 radical (unpaired) electrons. The van der Waals surface area contributed by atoms with Gasteiger partial charge in [-0.25, -0.2) is 8.42 Å². The molecule has 106 valence electrons. The third kappa shape index (κ3) is 7.20. The molecule has 0 aromatic rings. The molecule has 0 unspecified atom stereocenters. The average Bonchev–Trinajstić information content (AvgIpc) is 2.22. The minimum atomic E-state index is -3.94. The summed E-state index contributed by atoms with van der Waals surface area (Å²) in [5.41, 5.74) is 0. The Kier molecular flexibility index (Phi) is 7.48. The lowest BCUT2D eigenvalue weighted by Crippen LogP contribution is -2.40. The number of likely N-dealkylation sites (N-methyl/N-ethyl adjacent to an activating group) is 1. The van der Waals surface area contributed by atoms with Crippen LogP contribution in [-0.4, -0.2) is 69.3 Å². The Hall–Kier alpha value is -1.19. The molecule has 0 heterocycles. The number of hydrogen-bond acceptors (Lipinski definition) is 5. The van der Waals surface area contributed by atoms with Crippen LogP contribution in [0.5, 0.6) is 0 Å². The molecule has 2 N–H and O–H groups in total. The molecule has 0 aliphatic rings. The van der Waals surface area contributed by atoms with Gasteiger partial charge in [-0.1, -0.05) is 0 Å². The van der Waals surface area contributed by atoms with E-state index in [0.717, 1.165) is 7.05 Å². The average molecular weight is 282 g/mol. The van der Waals surface area contributed by atoms with Gasteiger partial charge in [0.1, 0.15) is 0 Å². The van der Waals surface area contributed by atoms with Crippen molar-refractivity contribution in [2.24, 2.45) is 0 Å². The fourth-order valence-corrected chi connectivity index (χ4v) is 1.91. The Morgan fingerprint density at radius 3 is 2.50 bits per heavy atom. The van der Waals surface area contributed by atoms with Crippen LogP contribution in [0, 0.1) is 0 Å². The highest BCUT2D eigenvalue weighted by atomic mass is 32.2. The van der Waals surface area contributed by atoms with Gasteiger partial charge in [0.2, 0.25) is 15.9 Å². The first-order valence-corrected chi connectivity index (χ1v) is 6.82. The molecule has 0 fully saturated rings. The zero-order valence-electron chi connectivity index (χ0n) is 10.4. The van der Waals surface area contributed by atoms with E-state index >= 15 is 0 Å². The second kappa shape index (κ2) is 8.01. The van der Waals surface area contributed by atoms with Gasteiger partial charge in [0, 0.05) is 27.3 Å². The van der Waals surface area contributed by atoms with Gasteiger partial charge in [-0.05, 0) is 6.42 Å². The van der Waals surface area contributed by atoms with Gasteiger partial charge >= 0.3 is 5.97 Å². The molecule has 0 aliphatic heterocycles. The number of rotatable bonds is 9. The second-order valence-electron chi connectivity index (χ2n) is 3.60. The summed E-state index contributed by atoms with van der Waals surface area (Å²) in [4.78, 5) is 21.7. The number of methoxy groups -OCH3 is 1. The number of carboxylic acids is 1. The minimum absolute atomic E-state index is 0.374. The molecule has 0 bridgehead atoms. The van der Waals surface area contributed by atoms with Crippen LogP contribution in [0.1, 0.15) is 6.42 Å². The number of nitrogens with one attached hydrogen (secondary N) is 1. The molecular weight excluding hydrogens is 264 g/mol. The lowest BCUT2D eigenvalue weighted by atomic mass is 10.4. The monoisotopic (exact) mass is 282 g/mol. The highest BCUT2D eigenvalue weighted by Gasteiger charge is 2.23. The van der Waals surface area contributed by atoms with Gasteiger partial charge in [-0.3, -0.25) is 9.59 Å². The van der Waals surface area contributed by atoms with Crippen LogP contribution in [0.3, 0.4) is 0 Å². The number of ether oxygens (including phenoxy) is 1. The highest BCUT2D eigenvalue weighted by molar-refractivity contribution is 7.89. The molecule has 1 amide bonds. The van der Waals surface area contributed by atoms with Gasteiger partial charge < -0.3 is 15.2 Å². The van der Waals surface area contributed by atoms with Gasteiger partial charge in [0.05, 0.1) is 6.54 Å². The van der Waals surface area contributed by atoms with Crippen LogP contribution in [0.4, 0.5) is 0 Å². The van der Waals surface area contributed by atoms with Crippen LogP contribution in [0.2, 0.25) is 0 Å². The third-order valence-corrected chi connectivity index (χ3v) is 3.69. The standard InChI is InChI=1S/C9H18N2O6S/c1-11(18(15,16)7-9(13)14)6-8(12)10-4-3-5-17-2/h3-7H2,1-2H3,(H,10,12)(H,13,14). The van der Waals surface area contributed by atoms with Crippen molar-refractivity contribution in [3.8, 4) is 0 Å². The van der Waals surface area contributed by atoms with E-state index in [4.69, 9.17) is 9.84 Å². The molecule has 0 aromatic heterocycles. The van der Waals surface area contributed by atoms with Crippen molar-refractivity contribution in [2.45, 2.75) is 6.42 Å². The van der Waals surface area contributed by atoms with Crippen molar-refractivity contribution >= 4 is 21.9 Å². The Balaban J connectivity index is 4.10. The minimum Gasteiger partial charge on any atom is -0.480 e. The molecule has 8 nitrogen and oxygen atoms in total. The van der Waals surface area contributed by atoms with E-state index in [1.807, 2.05) is 0 Å². The third-order valence-electron chi connectivity index (χ3n) is 1.99. The Morgan fingerprint density at radius 2 is 2.00 bits per heavy atom. The Labute approximate surface area is 106 Å². The fourth-order valence-electron chi connectivity index (χ4n) is 1.07. The summed E-state index contributed by atoms with van der Waals surface area (Å²) >= 11 is 0. The summed E-state index contributed by atoms with van der Waals surface area (Å²) in [5.74, 6) is -2.97. The molecule has 0 spiro atoms. The Morgan fingerprint density at radius 1 is 1.39 bits per heavy atom. The van der Waals surface area contributed by atoms with Gasteiger partial charge in [0.25, 0.3) is 0 Å². The summed E-state index contributed by atoms with van der Waals surface area (Å²) < 4.78 is 28.3. The van der Waals surface area contributed by atoms with Crippen molar-refractivity contribution in [3.05, 3.63) is 0 Å². The van der Waals surface area contributed by atoms with Gasteiger partial charge in [-0.15, -0.1) is 0 Å². The maximum Gasteiger partial charge on any atom is 0.320 e. The first-order valence-electron chi connectivity index (χ1n) is 5.21. The SMILES string of the molecule is COCCCNC(=O)CN(C)S(=O)(=O)CC(=O)O. The number of carboxylic acid groups (broad SMARTS) is 1. The van der Waals surface area contributed by atoms with E-state index in [1.54, 1.807) is 0 Å². The largest absolute Gasteiger partial charge is 0.480 e. The normalized spacial score (nSPS) is 11.5. The van der Waals surface area contributed by atoms with E-state index < -0.39 is 34.2 Å².